The second-order valence-corrected chi connectivity index (χ2v) is 9.89. The lowest BCUT2D eigenvalue weighted by Gasteiger charge is -2.39. The molecule has 0 saturated carbocycles. The van der Waals surface area contributed by atoms with Crippen LogP contribution in [0.2, 0.25) is 0 Å². The van der Waals surface area contributed by atoms with Crippen molar-refractivity contribution in [2.45, 2.75) is 156 Å². The number of unbranched alkanes of at least 4 members (excludes halogenated alkanes) is 16. The zero-order chi connectivity index (χ0) is 21.5. The molecule has 0 amide bonds. The molecule has 0 aliphatic carbocycles. The van der Waals surface area contributed by atoms with Crippen LogP contribution in [0.25, 0.3) is 0 Å². The van der Waals surface area contributed by atoms with Crippen LogP contribution in [0.1, 0.15) is 156 Å². The van der Waals surface area contributed by atoms with Gasteiger partial charge in [-0.3, -0.25) is 0 Å². The van der Waals surface area contributed by atoms with Crippen LogP contribution in [-0.4, -0.2) is 30.7 Å². The van der Waals surface area contributed by atoms with E-state index in [2.05, 4.69) is 27.7 Å². The number of hydrogen-bond acceptors (Lipinski definition) is 0. The van der Waals surface area contributed by atoms with E-state index >= 15 is 0 Å². The van der Waals surface area contributed by atoms with Gasteiger partial charge in [0.2, 0.25) is 0 Å². The van der Waals surface area contributed by atoms with Crippen LogP contribution < -0.4 is 12.4 Å². The summed E-state index contributed by atoms with van der Waals surface area (Å²) in [5, 5.41) is 0. The third-order valence-corrected chi connectivity index (χ3v) is 6.94. The summed E-state index contributed by atoms with van der Waals surface area (Å²) in [6.45, 7) is 15.2. The highest BCUT2D eigenvalue weighted by Crippen LogP contribution is 2.20. The molecule has 0 aromatic heterocycles. The summed E-state index contributed by atoms with van der Waals surface area (Å²) in [7, 11) is 0. The van der Waals surface area contributed by atoms with E-state index in [1.807, 2.05) is 0 Å². The Bertz CT molecular complexity index is 275. The van der Waals surface area contributed by atoms with Gasteiger partial charge >= 0.3 is 0 Å². The lowest BCUT2D eigenvalue weighted by Crippen LogP contribution is -3.00. The molecular formula is C28H60ClN. The van der Waals surface area contributed by atoms with Crippen LogP contribution in [0.4, 0.5) is 0 Å². The van der Waals surface area contributed by atoms with Gasteiger partial charge in [-0.1, -0.05) is 105 Å². The summed E-state index contributed by atoms with van der Waals surface area (Å²) in [6.07, 6.45) is 28.8. The summed E-state index contributed by atoms with van der Waals surface area (Å²) in [5.74, 6) is 0. The van der Waals surface area contributed by atoms with Crippen LogP contribution in [-0.2, 0) is 0 Å². The molecule has 0 fully saturated rings. The van der Waals surface area contributed by atoms with E-state index in [-0.39, 0.29) is 12.4 Å². The first-order valence-corrected chi connectivity index (χ1v) is 14.1. The molecule has 0 aromatic carbocycles. The van der Waals surface area contributed by atoms with Crippen LogP contribution >= 0.6 is 0 Å². The third-order valence-electron chi connectivity index (χ3n) is 6.94. The first-order chi connectivity index (χ1) is 14.2. The standard InChI is InChI=1S/C28H60N.ClH/c1-5-9-13-15-17-19-23-27-29(25-21-11-7-3,26-22-12-8-4)28-24-20-18-16-14-10-6-2;/h5-28H2,1-4H3;1H/q+1;/p-1. The zero-order valence-electron chi connectivity index (χ0n) is 21.8. The average Bonchev–Trinajstić information content (AvgIpc) is 2.73. The highest BCUT2D eigenvalue weighted by atomic mass is 35.5. The van der Waals surface area contributed by atoms with Crippen molar-refractivity contribution in [1.29, 1.82) is 0 Å². The molecule has 30 heavy (non-hydrogen) atoms. The lowest BCUT2D eigenvalue weighted by atomic mass is 10.1. The van der Waals surface area contributed by atoms with E-state index in [9.17, 15) is 0 Å². The largest absolute Gasteiger partial charge is 1.00 e. The van der Waals surface area contributed by atoms with Crippen molar-refractivity contribution < 1.29 is 16.9 Å². The second-order valence-electron chi connectivity index (χ2n) is 9.89. The molecule has 0 bridgehead atoms. The van der Waals surface area contributed by atoms with Gasteiger partial charge in [0.05, 0.1) is 26.2 Å². The van der Waals surface area contributed by atoms with Crippen LogP contribution in [0.15, 0.2) is 0 Å². The first-order valence-electron chi connectivity index (χ1n) is 14.1. The molecule has 0 spiro atoms. The van der Waals surface area contributed by atoms with E-state index in [0.717, 1.165) is 0 Å². The monoisotopic (exact) mass is 445 g/mol. The molecule has 0 aliphatic rings. The molecule has 184 valence electrons. The molecule has 2 heteroatoms. The van der Waals surface area contributed by atoms with Crippen molar-refractivity contribution in [3.05, 3.63) is 0 Å². The van der Waals surface area contributed by atoms with Crippen molar-refractivity contribution in [3.63, 3.8) is 0 Å². The van der Waals surface area contributed by atoms with Gasteiger partial charge in [0.15, 0.2) is 0 Å². The maximum atomic E-state index is 2.36. The number of quaternary nitrogens is 1. The first kappa shape index (κ1) is 32.4. The Morgan fingerprint density at radius 1 is 0.300 bits per heavy atom. The SMILES string of the molecule is CCCCCCCCC[N+](CCCCC)(CCCCC)CCCCCCCCC.[Cl-]. The minimum absolute atomic E-state index is 0. The summed E-state index contributed by atoms with van der Waals surface area (Å²) in [6, 6.07) is 0. The Hall–Kier alpha value is 0.250. The predicted octanol–water partition coefficient (Wildman–Crippen LogP) is 6.69. The molecular weight excluding hydrogens is 386 g/mol. The van der Waals surface area contributed by atoms with Gasteiger partial charge in [0.1, 0.15) is 0 Å². The average molecular weight is 446 g/mol. The summed E-state index contributed by atoms with van der Waals surface area (Å²) in [5.41, 5.74) is 0. The molecule has 0 heterocycles. The van der Waals surface area contributed by atoms with Crippen molar-refractivity contribution in [2.24, 2.45) is 0 Å². The number of rotatable bonds is 24. The fourth-order valence-corrected chi connectivity index (χ4v) is 4.87. The molecule has 0 atom stereocenters. The number of nitrogens with zero attached hydrogens (tertiary/aromatic N) is 1. The Labute approximate surface area is 199 Å². The Kier molecular flexibility index (Phi) is 27.6. The van der Waals surface area contributed by atoms with E-state index < -0.39 is 0 Å². The van der Waals surface area contributed by atoms with Crippen molar-refractivity contribution in [3.8, 4) is 0 Å². The van der Waals surface area contributed by atoms with Crippen LogP contribution in [0.3, 0.4) is 0 Å². The van der Waals surface area contributed by atoms with E-state index in [1.54, 1.807) is 0 Å². The van der Waals surface area contributed by atoms with Gasteiger partial charge in [-0.15, -0.1) is 0 Å². The van der Waals surface area contributed by atoms with Crippen molar-refractivity contribution >= 4 is 0 Å². The minimum atomic E-state index is 0. The molecule has 0 aromatic rings. The molecule has 0 radical (unpaired) electrons. The van der Waals surface area contributed by atoms with Gasteiger partial charge in [-0.05, 0) is 51.4 Å². The number of hydrogen-bond donors (Lipinski definition) is 0. The third kappa shape index (κ3) is 20.2. The van der Waals surface area contributed by atoms with Gasteiger partial charge in [0.25, 0.3) is 0 Å². The van der Waals surface area contributed by atoms with Crippen LogP contribution in [0, 0.1) is 0 Å². The van der Waals surface area contributed by atoms with Gasteiger partial charge in [-0.2, -0.15) is 0 Å². The molecule has 0 unspecified atom stereocenters. The lowest BCUT2D eigenvalue weighted by molar-refractivity contribution is -0.929. The maximum Gasteiger partial charge on any atom is 0.0786 e. The van der Waals surface area contributed by atoms with E-state index in [4.69, 9.17) is 0 Å². The van der Waals surface area contributed by atoms with Gasteiger partial charge in [-0.25, -0.2) is 0 Å². The molecule has 0 saturated heterocycles. The number of halogens is 1. The molecule has 0 aliphatic heterocycles. The topological polar surface area (TPSA) is 0 Å². The van der Waals surface area contributed by atoms with Gasteiger partial charge in [0, 0.05) is 0 Å². The maximum absolute atomic E-state index is 2.36. The smallest absolute Gasteiger partial charge is 0.0786 e. The quantitative estimate of drug-likeness (QED) is 0.115. The fraction of sp³-hybridized carbons (Fsp3) is 1.00. The van der Waals surface area contributed by atoms with E-state index in [0.29, 0.717) is 0 Å². The highest BCUT2D eigenvalue weighted by Gasteiger charge is 2.25. The highest BCUT2D eigenvalue weighted by molar-refractivity contribution is 4.54. The Morgan fingerprint density at radius 3 is 0.800 bits per heavy atom. The second kappa shape index (κ2) is 25.5. The summed E-state index contributed by atoms with van der Waals surface area (Å²) >= 11 is 0. The summed E-state index contributed by atoms with van der Waals surface area (Å²) in [4.78, 5) is 0. The predicted molar refractivity (Wildman–Crippen MR) is 135 cm³/mol. The normalized spacial score (nSPS) is 11.6. The van der Waals surface area contributed by atoms with Gasteiger partial charge < -0.3 is 16.9 Å². The molecule has 0 N–H and O–H groups in total. The zero-order valence-corrected chi connectivity index (χ0v) is 22.6. The Balaban J connectivity index is 0. The Morgan fingerprint density at radius 2 is 0.500 bits per heavy atom. The fourth-order valence-electron chi connectivity index (χ4n) is 4.87. The minimum Gasteiger partial charge on any atom is -1.00 e. The molecule has 1 nitrogen and oxygen atoms in total. The molecule has 0 rings (SSSR count). The summed E-state index contributed by atoms with van der Waals surface area (Å²) < 4.78 is 1.46. The van der Waals surface area contributed by atoms with E-state index in [1.165, 1.54) is 159 Å². The van der Waals surface area contributed by atoms with Crippen molar-refractivity contribution in [1.82, 2.24) is 0 Å². The van der Waals surface area contributed by atoms with Crippen molar-refractivity contribution in [2.75, 3.05) is 26.2 Å². The van der Waals surface area contributed by atoms with Crippen LogP contribution in [0.5, 0.6) is 0 Å².